The van der Waals surface area contributed by atoms with Crippen LogP contribution in [-0.4, -0.2) is 23.1 Å². The molecular weight excluding hydrogens is 240 g/mol. The molecule has 1 rings (SSSR count). The van der Waals surface area contributed by atoms with Crippen molar-refractivity contribution < 1.29 is 0 Å². The molecule has 0 spiro atoms. The zero-order valence-corrected chi connectivity index (χ0v) is 11.3. The molecule has 0 aliphatic rings. The van der Waals surface area contributed by atoms with Crippen LogP contribution in [0.15, 0.2) is 23.6 Å². The first-order chi connectivity index (χ1) is 9.43. The molecule has 0 atom stereocenters. The average molecular weight is 262 g/mol. The Bertz CT molecular complexity index is 361. The van der Waals surface area contributed by atoms with E-state index in [4.69, 9.17) is 5.53 Å². The SMILES string of the molecule is [N-]=[N+]=NCCCCCCCCCNc1ncccn1. The van der Waals surface area contributed by atoms with Crippen LogP contribution in [0.5, 0.6) is 0 Å². The van der Waals surface area contributed by atoms with E-state index in [0.29, 0.717) is 12.5 Å². The molecule has 1 aromatic heterocycles. The van der Waals surface area contributed by atoms with Gasteiger partial charge in [0.2, 0.25) is 5.95 Å². The van der Waals surface area contributed by atoms with Gasteiger partial charge in [-0.25, -0.2) is 9.97 Å². The van der Waals surface area contributed by atoms with Gasteiger partial charge >= 0.3 is 0 Å². The van der Waals surface area contributed by atoms with Crippen molar-refractivity contribution in [3.05, 3.63) is 28.9 Å². The van der Waals surface area contributed by atoms with Crippen LogP contribution in [0.3, 0.4) is 0 Å². The molecule has 1 aromatic rings. The molecule has 0 saturated heterocycles. The largest absolute Gasteiger partial charge is 0.354 e. The Morgan fingerprint density at radius 3 is 2.32 bits per heavy atom. The summed E-state index contributed by atoms with van der Waals surface area (Å²) in [6, 6.07) is 1.81. The predicted molar refractivity (Wildman–Crippen MR) is 76.9 cm³/mol. The Labute approximate surface area is 114 Å². The first kappa shape index (κ1) is 15.2. The Morgan fingerprint density at radius 1 is 1.00 bits per heavy atom. The fourth-order valence-corrected chi connectivity index (χ4v) is 1.83. The highest BCUT2D eigenvalue weighted by molar-refractivity contribution is 5.21. The summed E-state index contributed by atoms with van der Waals surface area (Å²) in [6.07, 6.45) is 11.8. The van der Waals surface area contributed by atoms with E-state index < -0.39 is 0 Å². The van der Waals surface area contributed by atoms with Gasteiger partial charge in [0.25, 0.3) is 0 Å². The number of anilines is 1. The average Bonchev–Trinajstić information content (AvgIpc) is 2.46. The molecule has 1 N–H and O–H groups in total. The molecule has 0 aliphatic carbocycles. The van der Waals surface area contributed by atoms with Gasteiger partial charge < -0.3 is 5.32 Å². The highest BCUT2D eigenvalue weighted by Gasteiger charge is 1.94. The molecule has 19 heavy (non-hydrogen) atoms. The first-order valence-corrected chi connectivity index (χ1v) is 6.95. The Balaban J connectivity index is 1.82. The summed E-state index contributed by atoms with van der Waals surface area (Å²) in [5.41, 5.74) is 8.12. The van der Waals surface area contributed by atoms with E-state index in [0.717, 1.165) is 25.8 Å². The fraction of sp³-hybridized carbons (Fsp3) is 0.692. The van der Waals surface area contributed by atoms with Gasteiger partial charge in [-0.05, 0) is 24.4 Å². The van der Waals surface area contributed by atoms with E-state index in [1.165, 1.54) is 25.7 Å². The van der Waals surface area contributed by atoms with Crippen molar-refractivity contribution in [2.45, 2.75) is 44.9 Å². The van der Waals surface area contributed by atoms with Crippen molar-refractivity contribution in [3.63, 3.8) is 0 Å². The lowest BCUT2D eigenvalue weighted by Crippen LogP contribution is -2.04. The first-order valence-electron chi connectivity index (χ1n) is 6.95. The maximum absolute atomic E-state index is 8.12. The number of hydrogen-bond acceptors (Lipinski definition) is 4. The minimum absolute atomic E-state index is 0.636. The second-order valence-corrected chi connectivity index (χ2v) is 4.43. The van der Waals surface area contributed by atoms with E-state index in [2.05, 4.69) is 25.3 Å². The third-order valence-corrected chi connectivity index (χ3v) is 2.85. The molecular formula is C13H22N6. The van der Waals surface area contributed by atoms with E-state index >= 15 is 0 Å². The molecule has 104 valence electrons. The summed E-state index contributed by atoms with van der Waals surface area (Å²) < 4.78 is 0. The van der Waals surface area contributed by atoms with E-state index in [1.807, 2.05) is 6.07 Å². The van der Waals surface area contributed by atoms with Crippen molar-refractivity contribution in [3.8, 4) is 0 Å². The van der Waals surface area contributed by atoms with Gasteiger partial charge in [0, 0.05) is 30.4 Å². The van der Waals surface area contributed by atoms with Gasteiger partial charge in [-0.15, -0.1) is 0 Å². The monoisotopic (exact) mass is 262 g/mol. The molecule has 0 radical (unpaired) electrons. The summed E-state index contributed by atoms with van der Waals surface area (Å²) in [6.45, 7) is 1.57. The van der Waals surface area contributed by atoms with Crippen LogP contribution in [-0.2, 0) is 0 Å². The second-order valence-electron chi connectivity index (χ2n) is 4.43. The zero-order chi connectivity index (χ0) is 13.6. The van der Waals surface area contributed by atoms with Gasteiger partial charge in [0.15, 0.2) is 0 Å². The normalized spacial score (nSPS) is 9.89. The number of nitrogens with one attached hydrogen (secondary N) is 1. The van der Waals surface area contributed by atoms with Gasteiger partial charge in [-0.2, -0.15) is 0 Å². The minimum atomic E-state index is 0.636. The Hall–Kier alpha value is -1.81. The van der Waals surface area contributed by atoms with Crippen molar-refractivity contribution in [2.75, 3.05) is 18.4 Å². The van der Waals surface area contributed by atoms with Crippen molar-refractivity contribution in [1.29, 1.82) is 0 Å². The summed E-state index contributed by atoms with van der Waals surface area (Å²) in [5, 5.41) is 6.72. The molecule has 1 heterocycles. The van der Waals surface area contributed by atoms with E-state index in [9.17, 15) is 0 Å². The number of nitrogens with zero attached hydrogens (tertiary/aromatic N) is 5. The van der Waals surface area contributed by atoms with Gasteiger partial charge in [0.1, 0.15) is 0 Å². The van der Waals surface area contributed by atoms with Crippen LogP contribution in [0.4, 0.5) is 5.95 Å². The van der Waals surface area contributed by atoms with Crippen LogP contribution < -0.4 is 5.32 Å². The molecule has 0 fully saturated rings. The quantitative estimate of drug-likeness (QED) is 0.284. The topological polar surface area (TPSA) is 86.6 Å². The molecule has 0 aromatic carbocycles. The molecule has 0 unspecified atom stereocenters. The lowest BCUT2D eigenvalue weighted by Gasteiger charge is -2.04. The number of rotatable bonds is 11. The number of aromatic nitrogens is 2. The maximum Gasteiger partial charge on any atom is 0.222 e. The van der Waals surface area contributed by atoms with Crippen LogP contribution >= 0.6 is 0 Å². The van der Waals surface area contributed by atoms with Crippen molar-refractivity contribution in [1.82, 2.24) is 9.97 Å². The summed E-state index contributed by atoms with van der Waals surface area (Å²) >= 11 is 0. The molecule has 0 saturated carbocycles. The highest BCUT2D eigenvalue weighted by Crippen LogP contribution is 2.07. The van der Waals surface area contributed by atoms with Crippen LogP contribution in [0.1, 0.15) is 44.9 Å². The lowest BCUT2D eigenvalue weighted by molar-refractivity contribution is 0.587. The summed E-state index contributed by atoms with van der Waals surface area (Å²) in [4.78, 5) is 10.9. The van der Waals surface area contributed by atoms with Gasteiger partial charge in [-0.1, -0.05) is 37.2 Å². The Kier molecular flexibility index (Phi) is 9.06. The van der Waals surface area contributed by atoms with Crippen molar-refractivity contribution >= 4 is 5.95 Å². The third kappa shape index (κ3) is 8.85. The summed E-state index contributed by atoms with van der Waals surface area (Å²) in [5.74, 6) is 0.709. The number of azide groups is 1. The summed E-state index contributed by atoms with van der Waals surface area (Å²) in [7, 11) is 0. The smallest absolute Gasteiger partial charge is 0.222 e. The van der Waals surface area contributed by atoms with Gasteiger partial charge in [-0.3, -0.25) is 0 Å². The molecule has 0 aliphatic heterocycles. The predicted octanol–water partition coefficient (Wildman–Crippen LogP) is 3.93. The molecule has 6 nitrogen and oxygen atoms in total. The number of hydrogen-bond donors (Lipinski definition) is 1. The number of unbranched alkanes of at least 4 members (excludes halogenated alkanes) is 6. The third-order valence-electron chi connectivity index (χ3n) is 2.85. The van der Waals surface area contributed by atoms with Gasteiger partial charge in [0.05, 0.1) is 0 Å². The van der Waals surface area contributed by atoms with E-state index in [-0.39, 0.29) is 0 Å². The highest BCUT2D eigenvalue weighted by atomic mass is 15.1. The lowest BCUT2D eigenvalue weighted by atomic mass is 10.1. The van der Waals surface area contributed by atoms with E-state index in [1.54, 1.807) is 12.4 Å². The Morgan fingerprint density at radius 2 is 1.63 bits per heavy atom. The van der Waals surface area contributed by atoms with Crippen molar-refractivity contribution in [2.24, 2.45) is 5.11 Å². The van der Waals surface area contributed by atoms with Crippen LogP contribution in [0.2, 0.25) is 0 Å². The molecule has 6 heteroatoms. The van der Waals surface area contributed by atoms with Crippen LogP contribution in [0, 0.1) is 0 Å². The fourth-order valence-electron chi connectivity index (χ4n) is 1.83. The zero-order valence-electron chi connectivity index (χ0n) is 11.3. The molecule has 0 bridgehead atoms. The minimum Gasteiger partial charge on any atom is -0.354 e. The second kappa shape index (κ2) is 11.3. The molecule has 0 amide bonds. The standard InChI is InChI=1S/C13H22N6/c14-19-18-12-7-5-3-1-2-4-6-9-15-13-16-10-8-11-17-13/h8,10-11H,1-7,9,12H2,(H,15,16,17). The maximum atomic E-state index is 8.12. The van der Waals surface area contributed by atoms with Crippen LogP contribution in [0.25, 0.3) is 10.4 Å².